The van der Waals surface area contributed by atoms with Gasteiger partial charge in [-0.15, -0.1) is 0 Å². The summed E-state index contributed by atoms with van der Waals surface area (Å²) < 4.78 is 0. The van der Waals surface area contributed by atoms with E-state index >= 15 is 0 Å². The van der Waals surface area contributed by atoms with E-state index in [-0.39, 0.29) is 0 Å². The second kappa shape index (κ2) is 7.40. The van der Waals surface area contributed by atoms with E-state index in [2.05, 4.69) is 30.6 Å². The zero-order chi connectivity index (χ0) is 15.4. The van der Waals surface area contributed by atoms with Crippen LogP contribution in [0.3, 0.4) is 0 Å². The van der Waals surface area contributed by atoms with Gasteiger partial charge in [-0.05, 0) is 32.7 Å². The average molecular weight is 304 g/mol. The second-order valence-corrected chi connectivity index (χ2v) is 7.70. The molecule has 0 amide bonds. The van der Waals surface area contributed by atoms with Gasteiger partial charge in [0.25, 0.3) is 0 Å². The molecule has 1 spiro atoms. The minimum absolute atomic E-state index is 0.355. The molecule has 2 aliphatic heterocycles. The zero-order valence-corrected chi connectivity index (χ0v) is 14.8. The molecule has 0 aromatic heterocycles. The van der Waals surface area contributed by atoms with Crippen molar-refractivity contribution in [2.24, 2.45) is 0 Å². The lowest BCUT2D eigenvalue weighted by Crippen LogP contribution is -2.60. The molecular formula is C20H35N2+. The van der Waals surface area contributed by atoms with Crippen LogP contribution in [0.1, 0.15) is 77.6 Å². The Kier molecular flexibility index (Phi) is 5.51. The number of nitrogens with zero attached hydrogens (tertiary/aromatic N) is 1. The molecule has 1 N–H and O–H groups in total. The van der Waals surface area contributed by atoms with Crippen LogP contribution in [0, 0.1) is 6.42 Å². The highest BCUT2D eigenvalue weighted by atomic mass is 15.3. The standard InChI is InChI=1S/C20H35N2/c1-3-4-5-6-7-8-11-17-16-21-19-13-15-22(2)20(19)14-10-9-12-18(17)20/h12,19,21H,3-11,13-16H2,1-2H3/q+1/t19-,20-/m1/s1. The van der Waals surface area contributed by atoms with Gasteiger partial charge < -0.3 is 0 Å². The van der Waals surface area contributed by atoms with Crippen molar-refractivity contribution in [1.29, 1.82) is 0 Å². The van der Waals surface area contributed by atoms with Crippen LogP contribution < -0.4 is 5.32 Å². The lowest BCUT2D eigenvalue weighted by atomic mass is 9.68. The normalized spacial score (nSPS) is 31.8. The van der Waals surface area contributed by atoms with Crippen molar-refractivity contribution in [3.8, 4) is 0 Å². The van der Waals surface area contributed by atoms with Crippen molar-refractivity contribution in [3.63, 3.8) is 0 Å². The smallest absolute Gasteiger partial charge is 0.128 e. The van der Waals surface area contributed by atoms with E-state index in [4.69, 9.17) is 0 Å². The number of unbranched alkanes of at least 4 members (excludes halogenated alkanes) is 5. The van der Waals surface area contributed by atoms with Crippen molar-refractivity contribution in [2.45, 2.75) is 89.1 Å². The Hall–Kier alpha value is -0.470. The largest absolute Gasteiger partial charge is 0.292 e. The molecule has 0 bridgehead atoms. The van der Waals surface area contributed by atoms with Crippen LogP contribution in [0.4, 0.5) is 0 Å². The van der Waals surface area contributed by atoms with Gasteiger partial charge in [0.2, 0.25) is 0 Å². The highest BCUT2D eigenvalue weighted by Crippen LogP contribution is 2.47. The predicted octanol–water partition coefficient (Wildman–Crippen LogP) is 4.47. The first-order valence-electron chi connectivity index (χ1n) is 9.79. The van der Waals surface area contributed by atoms with Crippen molar-refractivity contribution >= 4 is 0 Å². The number of nitrogens with one attached hydrogen (secondary N) is 1. The zero-order valence-electron chi connectivity index (χ0n) is 14.8. The molecule has 2 nitrogen and oxygen atoms in total. The van der Waals surface area contributed by atoms with Crippen LogP contribution in [0.5, 0.6) is 0 Å². The van der Waals surface area contributed by atoms with Gasteiger partial charge >= 0.3 is 0 Å². The van der Waals surface area contributed by atoms with Gasteiger partial charge in [0, 0.05) is 31.8 Å². The highest BCUT2D eigenvalue weighted by Gasteiger charge is 2.57. The van der Waals surface area contributed by atoms with Gasteiger partial charge in [-0.1, -0.05) is 39.0 Å². The molecule has 124 valence electrons. The molecule has 0 aromatic rings. The summed E-state index contributed by atoms with van der Waals surface area (Å²) in [5, 5.41) is 3.89. The van der Waals surface area contributed by atoms with Crippen molar-refractivity contribution in [2.75, 3.05) is 20.1 Å². The lowest BCUT2D eigenvalue weighted by Gasteiger charge is -2.45. The molecule has 2 heterocycles. The average Bonchev–Trinajstić information content (AvgIpc) is 2.86. The third-order valence-corrected chi connectivity index (χ3v) is 6.36. The number of likely N-dealkylation sites (N-methyl/N-ethyl adjacent to an activating group) is 1. The third-order valence-electron chi connectivity index (χ3n) is 6.36. The van der Waals surface area contributed by atoms with Gasteiger partial charge in [-0.3, -0.25) is 10.2 Å². The first-order valence-corrected chi connectivity index (χ1v) is 9.79. The maximum Gasteiger partial charge on any atom is 0.128 e. The summed E-state index contributed by atoms with van der Waals surface area (Å²) in [6.45, 7) is 4.72. The predicted molar refractivity (Wildman–Crippen MR) is 94.9 cm³/mol. The molecule has 0 unspecified atom stereocenters. The van der Waals surface area contributed by atoms with Gasteiger partial charge in [-0.25, -0.2) is 0 Å². The molecule has 1 aliphatic carbocycles. The molecule has 2 atom stereocenters. The van der Waals surface area contributed by atoms with Crippen molar-refractivity contribution in [3.05, 3.63) is 17.6 Å². The number of hydrogen-bond acceptors (Lipinski definition) is 2. The highest BCUT2D eigenvalue weighted by molar-refractivity contribution is 5.42. The summed E-state index contributed by atoms with van der Waals surface area (Å²) in [5.41, 5.74) is 3.84. The molecule has 0 radical (unpaired) electrons. The van der Waals surface area contributed by atoms with Crippen LogP contribution in [-0.2, 0) is 0 Å². The fourth-order valence-electron chi connectivity index (χ4n) is 5.12. The Balaban J connectivity index is 1.63. The van der Waals surface area contributed by atoms with Gasteiger partial charge in [0.1, 0.15) is 5.57 Å². The third kappa shape index (κ3) is 2.97. The Bertz CT molecular complexity index is 401. The van der Waals surface area contributed by atoms with Crippen LogP contribution in [0.15, 0.2) is 11.1 Å². The summed E-state index contributed by atoms with van der Waals surface area (Å²) in [4.78, 5) is 2.66. The summed E-state index contributed by atoms with van der Waals surface area (Å²) in [7, 11) is 2.36. The van der Waals surface area contributed by atoms with Gasteiger partial charge in [-0.2, -0.15) is 0 Å². The molecule has 1 saturated carbocycles. The fourth-order valence-corrected chi connectivity index (χ4v) is 5.12. The first-order chi connectivity index (χ1) is 10.8. The van der Waals surface area contributed by atoms with Gasteiger partial charge in [0.15, 0.2) is 0 Å². The maximum atomic E-state index is 3.89. The van der Waals surface area contributed by atoms with E-state index < -0.39 is 0 Å². The van der Waals surface area contributed by atoms with E-state index in [9.17, 15) is 0 Å². The molecule has 3 aliphatic rings. The Morgan fingerprint density at radius 1 is 1.23 bits per heavy atom. The Morgan fingerprint density at radius 3 is 2.91 bits per heavy atom. The Morgan fingerprint density at radius 2 is 2.05 bits per heavy atom. The van der Waals surface area contributed by atoms with E-state index in [0.717, 1.165) is 6.54 Å². The van der Waals surface area contributed by atoms with E-state index in [1.165, 1.54) is 77.2 Å². The summed E-state index contributed by atoms with van der Waals surface area (Å²) in [6, 6.07) is 0.706. The minimum Gasteiger partial charge on any atom is -0.292 e. The Labute approximate surface area is 137 Å². The molecule has 22 heavy (non-hydrogen) atoms. The van der Waals surface area contributed by atoms with Crippen LogP contribution >= 0.6 is 0 Å². The summed E-state index contributed by atoms with van der Waals surface area (Å²) in [6.07, 6.45) is 17.7. The molecule has 1 saturated heterocycles. The number of hydrogen-bond donors (Lipinski definition) is 1. The van der Waals surface area contributed by atoms with Crippen molar-refractivity contribution in [1.82, 2.24) is 10.2 Å². The maximum absolute atomic E-state index is 3.89. The quantitative estimate of drug-likeness (QED) is 0.551. The molecule has 2 fully saturated rings. The van der Waals surface area contributed by atoms with Crippen LogP contribution in [0.2, 0.25) is 0 Å². The number of rotatable bonds is 7. The van der Waals surface area contributed by atoms with E-state index in [0.29, 0.717) is 11.6 Å². The monoisotopic (exact) mass is 303 g/mol. The topological polar surface area (TPSA) is 15.3 Å². The van der Waals surface area contributed by atoms with Gasteiger partial charge in [0.05, 0.1) is 17.7 Å². The van der Waals surface area contributed by atoms with Crippen LogP contribution in [0.25, 0.3) is 0 Å². The number of likely N-dealkylation sites (tertiary alicyclic amines) is 1. The minimum atomic E-state index is 0.355. The second-order valence-electron chi connectivity index (χ2n) is 7.70. The summed E-state index contributed by atoms with van der Waals surface area (Å²) >= 11 is 0. The lowest BCUT2D eigenvalue weighted by molar-refractivity contribution is 0.150. The van der Waals surface area contributed by atoms with Crippen LogP contribution in [-0.4, -0.2) is 36.6 Å². The first kappa shape index (κ1) is 16.4. The van der Waals surface area contributed by atoms with E-state index in [1.54, 1.807) is 11.1 Å². The molecule has 3 rings (SSSR count). The molecule has 2 heteroatoms. The summed E-state index contributed by atoms with van der Waals surface area (Å²) in [5.74, 6) is 0. The fraction of sp³-hybridized carbons (Fsp3) is 0.850. The van der Waals surface area contributed by atoms with E-state index in [1.807, 2.05) is 0 Å². The molecular weight excluding hydrogens is 268 g/mol. The van der Waals surface area contributed by atoms with Crippen molar-refractivity contribution < 1.29 is 0 Å². The molecule has 0 aromatic carbocycles. The SMILES string of the molecule is CCCCCCCCC1=C2[CH+]CCC[C@]23[C@@H](CCN3C)NC1.